The molecule has 0 aromatic heterocycles. The van der Waals surface area contributed by atoms with Gasteiger partial charge in [0.2, 0.25) is 0 Å². The topological polar surface area (TPSA) is 0 Å². The van der Waals surface area contributed by atoms with Gasteiger partial charge in [-0.25, -0.2) is 0 Å². The van der Waals surface area contributed by atoms with Crippen LogP contribution < -0.4 is 0 Å². The Morgan fingerprint density at radius 3 is 1.64 bits per heavy atom. The van der Waals surface area contributed by atoms with E-state index < -0.39 is 0 Å². The van der Waals surface area contributed by atoms with Crippen molar-refractivity contribution in [2.24, 2.45) is 5.92 Å². The SMILES string of the molecule is CC1CCCC2BC(CCC1)CCC2. The van der Waals surface area contributed by atoms with Crippen molar-refractivity contribution in [3.63, 3.8) is 0 Å². The first-order valence-electron chi connectivity index (χ1n) is 6.84. The van der Waals surface area contributed by atoms with Gasteiger partial charge in [0.15, 0.2) is 0 Å². The van der Waals surface area contributed by atoms with Gasteiger partial charge in [0.05, 0.1) is 0 Å². The van der Waals surface area contributed by atoms with Gasteiger partial charge in [-0.15, -0.1) is 0 Å². The van der Waals surface area contributed by atoms with Crippen molar-refractivity contribution in [2.45, 2.75) is 76.3 Å². The summed E-state index contributed by atoms with van der Waals surface area (Å²) in [6.07, 6.45) is 13.7. The fraction of sp³-hybridized carbons (Fsp3) is 1.00. The standard InChI is InChI=1S/C13H25B/c1-11-5-2-7-12-9-4-10-13(14-12)8-3-6-11/h11-14H,2-10H2,1H3. The van der Waals surface area contributed by atoms with Gasteiger partial charge in [0.25, 0.3) is 0 Å². The summed E-state index contributed by atoms with van der Waals surface area (Å²) in [6.45, 7) is 2.46. The molecule has 2 unspecified atom stereocenters. The van der Waals surface area contributed by atoms with Crippen LogP contribution in [0, 0.1) is 5.92 Å². The number of fused-ring (bicyclic) bond motifs is 2. The van der Waals surface area contributed by atoms with Gasteiger partial charge in [0.1, 0.15) is 7.28 Å². The zero-order chi connectivity index (χ0) is 9.80. The molecule has 0 spiro atoms. The van der Waals surface area contributed by atoms with Crippen LogP contribution >= 0.6 is 0 Å². The lowest BCUT2D eigenvalue weighted by molar-refractivity contribution is 0.403. The van der Waals surface area contributed by atoms with Crippen LogP contribution in [0.3, 0.4) is 0 Å². The third-order valence-corrected chi connectivity index (χ3v) is 4.51. The Morgan fingerprint density at radius 2 is 1.14 bits per heavy atom. The quantitative estimate of drug-likeness (QED) is 0.505. The van der Waals surface area contributed by atoms with Crippen molar-refractivity contribution in [3.8, 4) is 0 Å². The van der Waals surface area contributed by atoms with Gasteiger partial charge in [-0.05, 0) is 5.92 Å². The Labute approximate surface area is 90.1 Å². The van der Waals surface area contributed by atoms with Crippen LogP contribution in [0.5, 0.6) is 0 Å². The van der Waals surface area contributed by atoms with E-state index in [-0.39, 0.29) is 0 Å². The lowest BCUT2D eigenvalue weighted by Gasteiger charge is -2.30. The van der Waals surface area contributed by atoms with Crippen LogP contribution in [-0.4, -0.2) is 7.28 Å². The summed E-state index contributed by atoms with van der Waals surface area (Å²) in [5, 5.41) is 0. The highest BCUT2D eigenvalue weighted by atomic mass is 14.2. The minimum absolute atomic E-state index is 1.01. The van der Waals surface area contributed by atoms with Gasteiger partial charge in [-0.3, -0.25) is 0 Å². The van der Waals surface area contributed by atoms with Crippen LogP contribution in [0.1, 0.15) is 64.7 Å². The third-order valence-electron chi connectivity index (χ3n) is 4.51. The largest absolute Gasteiger partial charge is 0.127 e. The molecular weight excluding hydrogens is 167 g/mol. The molecule has 2 fully saturated rings. The Bertz CT molecular complexity index is 151. The molecule has 0 aromatic rings. The molecule has 0 N–H and O–H groups in total. The van der Waals surface area contributed by atoms with E-state index in [4.69, 9.17) is 0 Å². The van der Waals surface area contributed by atoms with E-state index in [1.807, 2.05) is 0 Å². The van der Waals surface area contributed by atoms with Crippen LogP contribution in [0.2, 0.25) is 11.6 Å². The lowest BCUT2D eigenvalue weighted by Crippen LogP contribution is -2.18. The Kier molecular flexibility index (Phi) is 3.95. The van der Waals surface area contributed by atoms with E-state index in [1.54, 1.807) is 33.0 Å². The predicted octanol–water partition coefficient (Wildman–Crippen LogP) is 4.17. The van der Waals surface area contributed by atoms with E-state index >= 15 is 0 Å². The van der Waals surface area contributed by atoms with Gasteiger partial charge < -0.3 is 0 Å². The average Bonchev–Trinajstić information content (AvgIpc) is 2.18. The second-order valence-corrected chi connectivity index (χ2v) is 5.87. The fourth-order valence-corrected chi connectivity index (χ4v) is 3.58. The normalized spacial score (nSPS) is 39.9. The number of hydrogen-bond donors (Lipinski definition) is 0. The molecule has 14 heavy (non-hydrogen) atoms. The molecule has 80 valence electrons. The van der Waals surface area contributed by atoms with Crippen molar-refractivity contribution in [1.29, 1.82) is 0 Å². The van der Waals surface area contributed by atoms with Crippen molar-refractivity contribution in [1.82, 2.24) is 0 Å². The van der Waals surface area contributed by atoms with E-state index in [2.05, 4.69) is 6.92 Å². The van der Waals surface area contributed by atoms with Crippen molar-refractivity contribution < 1.29 is 0 Å². The molecule has 0 saturated carbocycles. The lowest BCUT2D eigenvalue weighted by atomic mass is 9.47. The molecule has 0 aliphatic carbocycles. The van der Waals surface area contributed by atoms with E-state index in [9.17, 15) is 0 Å². The Balaban J connectivity index is 1.86. The zero-order valence-corrected chi connectivity index (χ0v) is 9.80. The Hall–Kier alpha value is 0.0649. The maximum Gasteiger partial charge on any atom is 0.127 e. The molecule has 2 aliphatic heterocycles. The molecule has 2 bridgehead atoms. The molecule has 0 radical (unpaired) electrons. The minimum Gasteiger partial charge on any atom is -0.0654 e. The fourth-order valence-electron chi connectivity index (χ4n) is 3.58. The second-order valence-electron chi connectivity index (χ2n) is 5.87. The van der Waals surface area contributed by atoms with Crippen LogP contribution in [-0.2, 0) is 0 Å². The van der Waals surface area contributed by atoms with E-state index in [0.29, 0.717) is 0 Å². The molecular formula is C13H25B. The van der Waals surface area contributed by atoms with Gasteiger partial charge >= 0.3 is 0 Å². The molecule has 0 amide bonds. The number of rotatable bonds is 0. The maximum atomic E-state index is 2.46. The highest BCUT2D eigenvalue weighted by Crippen LogP contribution is 2.38. The maximum absolute atomic E-state index is 2.46. The summed E-state index contributed by atoms with van der Waals surface area (Å²) in [6, 6.07) is 0. The molecule has 2 atom stereocenters. The highest BCUT2D eigenvalue weighted by molar-refractivity contribution is 6.39. The summed E-state index contributed by atoms with van der Waals surface area (Å²) in [7, 11) is 1.58. The van der Waals surface area contributed by atoms with Crippen LogP contribution in [0.4, 0.5) is 0 Å². The van der Waals surface area contributed by atoms with Crippen LogP contribution in [0.15, 0.2) is 0 Å². The molecule has 2 rings (SSSR count). The van der Waals surface area contributed by atoms with Crippen molar-refractivity contribution in [3.05, 3.63) is 0 Å². The number of hydrogen-bond acceptors (Lipinski definition) is 0. The highest BCUT2D eigenvalue weighted by Gasteiger charge is 2.24. The van der Waals surface area contributed by atoms with Crippen molar-refractivity contribution >= 4 is 7.28 Å². The van der Waals surface area contributed by atoms with Crippen molar-refractivity contribution in [2.75, 3.05) is 0 Å². The summed E-state index contributed by atoms with van der Waals surface area (Å²) < 4.78 is 0. The first-order valence-corrected chi connectivity index (χ1v) is 6.84. The van der Waals surface area contributed by atoms with E-state index in [1.165, 1.54) is 32.1 Å². The summed E-state index contributed by atoms with van der Waals surface area (Å²) in [4.78, 5) is 0. The monoisotopic (exact) mass is 192 g/mol. The first-order chi connectivity index (χ1) is 6.84. The van der Waals surface area contributed by atoms with Gasteiger partial charge in [0, 0.05) is 0 Å². The summed E-state index contributed by atoms with van der Waals surface area (Å²) in [5.41, 5.74) is 0. The average molecular weight is 192 g/mol. The molecule has 0 nitrogen and oxygen atoms in total. The first kappa shape index (κ1) is 10.6. The summed E-state index contributed by atoms with van der Waals surface area (Å²) >= 11 is 0. The zero-order valence-electron chi connectivity index (χ0n) is 9.80. The summed E-state index contributed by atoms with van der Waals surface area (Å²) in [5.74, 6) is 3.23. The van der Waals surface area contributed by atoms with Gasteiger partial charge in [-0.1, -0.05) is 76.3 Å². The smallest absolute Gasteiger partial charge is 0.0654 e. The minimum atomic E-state index is 1.01. The van der Waals surface area contributed by atoms with E-state index in [0.717, 1.165) is 17.6 Å². The molecule has 0 aromatic carbocycles. The molecule has 2 aliphatic rings. The van der Waals surface area contributed by atoms with Crippen LogP contribution in [0.25, 0.3) is 0 Å². The van der Waals surface area contributed by atoms with Gasteiger partial charge in [-0.2, -0.15) is 0 Å². The Morgan fingerprint density at radius 1 is 0.714 bits per heavy atom. The molecule has 2 saturated heterocycles. The second kappa shape index (κ2) is 5.23. The predicted molar refractivity (Wildman–Crippen MR) is 65.4 cm³/mol. The molecule has 1 heteroatoms. The molecule has 2 heterocycles. The third kappa shape index (κ3) is 3.03.